The van der Waals surface area contributed by atoms with E-state index in [1.54, 1.807) is 6.07 Å². The fourth-order valence-electron chi connectivity index (χ4n) is 2.11. The standard InChI is InChI=1S/C17H17FN4O5/c1-10(27-15-6-4-3-5-12(15)18)16(23)20-21-17(24)11-7-8-13(19-2)14(9-11)22(25)26/h3-10,19H,1-2H3,(H,20,23)(H,21,24)/t10-/m1/s1. The Hall–Kier alpha value is -3.69. The SMILES string of the molecule is CNc1ccc(C(=O)NNC(=O)[C@@H](C)Oc2ccccc2F)cc1[N+](=O)[O-]. The van der Waals surface area contributed by atoms with Crippen molar-refractivity contribution >= 4 is 23.2 Å². The van der Waals surface area contributed by atoms with Crippen LogP contribution in [-0.4, -0.2) is 29.9 Å². The summed E-state index contributed by atoms with van der Waals surface area (Å²) in [5, 5.41) is 13.7. The number of nitrogens with one attached hydrogen (secondary N) is 3. The molecule has 0 spiro atoms. The van der Waals surface area contributed by atoms with Crippen LogP contribution in [0.15, 0.2) is 42.5 Å². The molecule has 2 amide bonds. The van der Waals surface area contributed by atoms with Crippen LogP contribution < -0.4 is 20.9 Å². The molecule has 9 nitrogen and oxygen atoms in total. The lowest BCUT2D eigenvalue weighted by Crippen LogP contribution is -2.47. The van der Waals surface area contributed by atoms with Crippen molar-refractivity contribution in [2.45, 2.75) is 13.0 Å². The summed E-state index contributed by atoms with van der Waals surface area (Å²) < 4.78 is 18.7. The molecule has 10 heteroatoms. The first-order valence-corrected chi connectivity index (χ1v) is 7.81. The highest BCUT2D eigenvalue weighted by Crippen LogP contribution is 2.24. The minimum atomic E-state index is -1.09. The minimum Gasteiger partial charge on any atom is -0.478 e. The van der Waals surface area contributed by atoms with Gasteiger partial charge in [0, 0.05) is 18.7 Å². The van der Waals surface area contributed by atoms with E-state index in [9.17, 15) is 24.1 Å². The van der Waals surface area contributed by atoms with Crippen LogP contribution in [0.3, 0.4) is 0 Å². The summed E-state index contributed by atoms with van der Waals surface area (Å²) in [6.45, 7) is 1.38. The van der Waals surface area contributed by atoms with Crippen LogP contribution in [-0.2, 0) is 4.79 Å². The van der Waals surface area contributed by atoms with Crippen molar-refractivity contribution in [2.24, 2.45) is 0 Å². The molecule has 142 valence electrons. The minimum absolute atomic E-state index is 0.0244. The third kappa shape index (κ3) is 4.91. The monoisotopic (exact) mass is 376 g/mol. The van der Waals surface area contributed by atoms with Gasteiger partial charge in [-0.25, -0.2) is 4.39 Å². The molecule has 0 fully saturated rings. The van der Waals surface area contributed by atoms with E-state index in [-0.39, 0.29) is 22.7 Å². The third-order valence-electron chi connectivity index (χ3n) is 3.53. The number of carbonyl (C=O) groups is 2. The summed E-state index contributed by atoms with van der Waals surface area (Å²) >= 11 is 0. The number of nitro groups is 1. The Balaban J connectivity index is 1.98. The van der Waals surface area contributed by atoms with Gasteiger partial charge in [-0.1, -0.05) is 12.1 Å². The number of rotatable bonds is 6. The highest BCUT2D eigenvalue weighted by atomic mass is 19.1. The second-order valence-electron chi connectivity index (χ2n) is 5.37. The molecule has 0 unspecified atom stereocenters. The van der Waals surface area contributed by atoms with Crippen LogP contribution in [0.4, 0.5) is 15.8 Å². The topological polar surface area (TPSA) is 123 Å². The number of amides is 2. The molecule has 0 bridgehead atoms. The fraction of sp³-hybridized carbons (Fsp3) is 0.176. The molecule has 0 aliphatic carbocycles. The molecule has 27 heavy (non-hydrogen) atoms. The largest absolute Gasteiger partial charge is 0.478 e. The molecule has 2 aromatic carbocycles. The van der Waals surface area contributed by atoms with Crippen molar-refractivity contribution in [1.29, 1.82) is 0 Å². The van der Waals surface area contributed by atoms with Crippen molar-refractivity contribution in [3.05, 3.63) is 64.0 Å². The fourth-order valence-corrected chi connectivity index (χ4v) is 2.11. The van der Waals surface area contributed by atoms with Gasteiger partial charge in [-0.2, -0.15) is 0 Å². The number of carbonyl (C=O) groups excluding carboxylic acids is 2. The Morgan fingerprint density at radius 3 is 2.52 bits per heavy atom. The van der Waals surface area contributed by atoms with E-state index in [4.69, 9.17) is 4.74 Å². The lowest BCUT2D eigenvalue weighted by atomic mass is 10.1. The zero-order valence-electron chi connectivity index (χ0n) is 14.5. The van der Waals surface area contributed by atoms with Gasteiger partial charge < -0.3 is 10.1 Å². The van der Waals surface area contributed by atoms with Gasteiger partial charge in [-0.05, 0) is 31.2 Å². The predicted octanol–water partition coefficient (Wildman–Crippen LogP) is 2.00. The van der Waals surface area contributed by atoms with Crippen molar-refractivity contribution in [1.82, 2.24) is 10.9 Å². The van der Waals surface area contributed by atoms with Crippen molar-refractivity contribution < 1.29 is 23.6 Å². The van der Waals surface area contributed by atoms with Gasteiger partial charge >= 0.3 is 0 Å². The van der Waals surface area contributed by atoms with Gasteiger partial charge in [0.05, 0.1) is 4.92 Å². The second-order valence-corrected chi connectivity index (χ2v) is 5.37. The van der Waals surface area contributed by atoms with Crippen molar-refractivity contribution in [3.63, 3.8) is 0 Å². The van der Waals surface area contributed by atoms with Gasteiger partial charge in [0.1, 0.15) is 5.69 Å². The number of ether oxygens (including phenoxy) is 1. The molecule has 0 aliphatic heterocycles. The normalized spacial score (nSPS) is 11.2. The van der Waals surface area contributed by atoms with Gasteiger partial charge in [0.25, 0.3) is 17.5 Å². The molecule has 3 N–H and O–H groups in total. The number of nitrogens with zero attached hydrogens (tertiary/aromatic N) is 1. The first-order chi connectivity index (χ1) is 12.8. The van der Waals surface area contributed by atoms with Crippen molar-refractivity contribution in [2.75, 3.05) is 12.4 Å². The number of hydrogen-bond acceptors (Lipinski definition) is 6. The van der Waals surface area contributed by atoms with E-state index < -0.39 is 28.7 Å². The average Bonchev–Trinajstić information content (AvgIpc) is 2.66. The van der Waals surface area contributed by atoms with E-state index in [1.807, 2.05) is 0 Å². The van der Waals surface area contributed by atoms with Gasteiger partial charge in [0.2, 0.25) is 0 Å². The molecule has 0 saturated carbocycles. The number of anilines is 1. The van der Waals surface area contributed by atoms with Crippen LogP contribution in [0, 0.1) is 15.9 Å². The Morgan fingerprint density at radius 1 is 1.19 bits per heavy atom. The molecule has 1 atom stereocenters. The quantitative estimate of drug-likeness (QED) is 0.523. The number of hydrogen-bond donors (Lipinski definition) is 3. The predicted molar refractivity (Wildman–Crippen MR) is 94.7 cm³/mol. The summed E-state index contributed by atoms with van der Waals surface area (Å²) in [6, 6.07) is 9.38. The molecule has 0 radical (unpaired) electrons. The Bertz CT molecular complexity index is 874. The maximum absolute atomic E-state index is 13.5. The molecule has 0 aliphatic rings. The Morgan fingerprint density at radius 2 is 1.89 bits per heavy atom. The van der Waals surface area contributed by atoms with Crippen LogP contribution in [0.2, 0.25) is 0 Å². The highest BCUT2D eigenvalue weighted by Gasteiger charge is 2.19. The van der Waals surface area contributed by atoms with Crippen LogP contribution >= 0.6 is 0 Å². The summed E-state index contributed by atoms with van der Waals surface area (Å²) in [6.07, 6.45) is -1.09. The zero-order valence-corrected chi connectivity index (χ0v) is 14.5. The summed E-state index contributed by atoms with van der Waals surface area (Å²) in [5.41, 5.74) is 4.19. The van der Waals surface area contributed by atoms with Gasteiger partial charge in [-0.15, -0.1) is 0 Å². The first kappa shape index (κ1) is 19.6. The summed E-state index contributed by atoms with van der Waals surface area (Å²) in [4.78, 5) is 34.5. The molecule has 0 heterocycles. The number of benzene rings is 2. The van der Waals surface area contributed by atoms with E-state index in [0.29, 0.717) is 0 Å². The Kier molecular flexibility index (Phi) is 6.26. The lowest BCUT2D eigenvalue weighted by molar-refractivity contribution is -0.384. The van der Waals surface area contributed by atoms with Crippen molar-refractivity contribution in [3.8, 4) is 5.75 Å². The highest BCUT2D eigenvalue weighted by molar-refractivity contribution is 5.97. The van der Waals surface area contributed by atoms with Gasteiger partial charge in [-0.3, -0.25) is 30.6 Å². The average molecular weight is 376 g/mol. The smallest absolute Gasteiger partial charge is 0.293 e. The van der Waals surface area contributed by atoms with E-state index in [1.165, 1.54) is 44.3 Å². The maximum Gasteiger partial charge on any atom is 0.293 e. The van der Waals surface area contributed by atoms with E-state index in [2.05, 4.69) is 16.2 Å². The molecular formula is C17H17FN4O5. The number of hydrazine groups is 1. The van der Waals surface area contributed by atoms with E-state index >= 15 is 0 Å². The summed E-state index contributed by atoms with van der Waals surface area (Å²) in [7, 11) is 1.51. The lowest BCUT2D eigenvalue weighted by Gasteiger charge is -2.15. The third-order valence-corrected chi connectivity index (χ3v) is 3.53. The first-order valence-electron chi connectivity index (χ1n) is 7.81. The van der Waals surface area contributed by atoms with Crippen LogP contribution in [0.1, 0.15) is 17.3 Å². The number of para-hydroxylation sites is 1. The summed E-state index contributed by atoms with van der Waals surface area (Å²) in [5.74, 6) is -2.22. The zero-order chi connectivity index (χ0) is 20.0. The maximum atomic E-state index is 13.5. The number of nitro benzene ring substituents is 1. The molecule has 2 rings (SSSR count). The molecule has 0 saturated heterocycles. The Labute approximate surface area is 153 Å². The van der Waals surface area contributed by atoms with Gasteiger partial charge in [0.15, 0.2) is 17.7 Å². The molecular weight excluding hydrogens is 359 g/mol. The van der Waals surface area contributed by atoms with Crippen LogP contribution in [0.25, 0.3) is 0 Å². The van der Waals surface area contributed by atoms with E-state index in [0.717, 1.165) is 6.07 Å². The molecule has 0 aromatic heterocycles. The second kappa shape index (κ2) is 8.61. The van der Waals surface area contributed by atoms with Crippen LogP contribution in [0.5, 0.6) is 5.75 Å². The number of halogens is 1. The molecule has 2 aromatic rings.